The maximum atomic E-state index is 13.9. The molecule has 0 spiro atoms. The van der Waals surface area contributed by atoms with E-state index in [9.17, 15) is 14.0 Å². The summed E-state index contributed by atoms with van der Waals surface area (Å²) in [6, 6.07) is 16.8. The Labute approximate surface area is 188 Å². The number of benzene rings is 3. The SMILES string of the molecule is COc1ccc2c(Oc3ccc(/C=C/C=O)cc3)c(C(=O)c3cc(F)ccc3C)sc2c1. The molecule has 0 saturated heterocycles. The predicted molar refractivity (Wildman–Crippen MR) is 125 cm³/mol. The van der Waals surface area contributed by atoms with E-state index < -0.39 is 5.82 Å². The average Bonchev–Trinajstić information content (AvgIpc) is 3.17. The van der Waals surface area contributed by atoms with Crippen molar-refractivity contribution in [3.63, 3.8) is 0 Å². The Kier molecular flexibility index (Phi) is 6.14. The van der Waals surface area contributed by atoms with Crippen molar-refractivity contribution in [2.24, 2.45) is 0 Å². The summed E-state index contributed by atoms with van der Waals surface area (Å²) in [4.78, 5) is 24.3. The van der Waals surface area contributed by atoms with E-state index in [1.165, 1.54) is 29.5 Å². The number of carbonyl (C=O) groups excluding carboxylic acids is 2. The number of halogens is 1. The van der Waals surface area contributed by atoms with E-state index in [2.05, 4.69) is 0 Å². The molecular weight excluding hydrogens is 427 g/mol. The summed E-state index contributed by atoms with van der Waals surface area (Å²) in [6.45, 7) is 1.77. The second-order valence-corrected chi connectivity index (χ2v) is 8.13. The van der Waals surface area contributed by atoms with Crippen LogP contribution in [-0.4, -0.2) is 19.2 Å². The summed E-state index contributed by atoms with van der Waals surface area (Å²) in [5.41, 5.74) is 1.82. The van der Waals surface area contributed by atoms with Gasteiger partial charge in [0.25, 0.3) is 0 Å². The number of ether oxygens (including phenoxy) is 2. The number of methoxy groups -OCH3 is 1. The van der Waals surface area contributed by atoms with E-state index in [1.54, 1.807) is 44.4 Å². The standard InChI is InChI=1S/C26H19FO4S/c1-16-5-8-18(27)14-22(16)24(29)26-25(21-12-11-20(30-2)15-23(21)32-26)31-19-9-6-17(7-10-19)4-3-13-28/h3-15H,1-2H3/b4-3+. The fraction of sp³-hybridized carbons (Fsp3) is 0.0769. The number of ketones is 1. The minimum Gasteiger partial charge on any atom is -0.497 e. The lowest BCUT2D eigenvalue weighted by Gasteiger charge is -2.09. The molecule has 1 aromatic heterocycles. The molecular formula is C26H19FO4S. The number of rotatable bonds is 7. The maximum absolute atomic E-state index is 13.9. The fourth-order valence-corrected chi connectivity index (χ4v) is 4.42. The van der Waals surface area contributed by atoms with Crippen LogP contribution in [0, 0.1) is 12.7 Å². The molecule has 1 heterocycles. The molecule has 0 aliphatic heterocycles. The van der Waals surface area contributed by atoms with E-state index in [4.69, 9.17) is 9.47 Å². The van der Waals surface area contributed by atoms with Crippen LogP contribution >= 0.6 is 11.3 Å². The number of thiophene rings is 1. The highest BCUT2D eigenvalue weighted by Crippen LogP contribution is 2.43. The van der Waals surface area contributed by atoms with Gasteiger partial charge in [0.2, 0.25) is 5.78 Å². The Morgan fingerprint density at radius 3 is 2.47 bits per heavy atom. The van der Waals surface area contributed by atoms with Crippen molar-refractivity contribution in [2.75, 3.05) is 7.11 Å². The topological polar surface area (TPSA) is 52.6 Å². The molecule has 0 radical (unpaired) electrons. The van der Waals surface area contributed by atoms with Crippen molar-refractivity contribution >= 4 is 39.6 Å². The highest BCUT2D eigenvalue weighted by molar-refractivity contribution is 7.21. The first-order valence-electron chi connectivity index (χ1n) is 9.81. The molecule has 6 heteroatoms. The molecule has 0 fully saturated rings. The van der Waals surface area contributed by atoms with Gasteiger partial charge in [-0.3, -0.25) is 9.59 Å². The normalized spacial score (nSPS) is 11.1. The molecule has 4 nitrogen and oxygen atoms in total. The third-order valence-electron chi connectivity index (χ3n) is 4.97. The van der Waals surface area contributed by atoms with Gasteiger partial charge in [-0.25, -0.2) is 4.39 Å². The Hall–Kier alpha value is -3.77. The van der Waals surface area contributed by atoms with Crippen LogP contribution in [0.3, 0.4) is 0 Å². The molecule has 160 valence electrons. The van der Waals surface area contributed by atoms with Crippen molar-refractivity contribution in [2.45, 2.75) is 6.92 Å². The first kappa shape index (κ1) is 21.5. The minimum absolute atomic E-state index is 0.294. The van der Waals surface area contributed by atoms with Crippen LogP contribution in [0.4, 0.5) is 4.39 Å². The monoisotopic (exact) mass is 446 g/mol. The van der Waals surface area contributed by atoms with Gasteiger partial charge in [-0.05, 0) is 66.6 Å². The van der Waals surface area contributed by atoms with Gasteiger partial charge in [0, 0.05) is 15.6 Å². The van der Waals surface area contributed by atoms with Gasteiger partial charge in [-0.2, -0.15) is 0 Å². The van der Waals surface area contributed by atoms with Gasteiger partial charge in [-0.15, -0.1) is 11.3 Å². The Morgan fingerprint density at radius 2 is 1.75 bits per heavy atom. The lowest BCUT2D eigenvalue weighted by Crippen LogP contribution is -2.04. The van der Waals surface area contributed by atoms with Crippen LogP contribution in [0.15, 0.2) is 66.7 Å². The molecule has 4 rings (SSSR count). The van der Waals surface area contributed by atoms with Crippen LogP contribution in [-0.2, 0) is 4.79 Å². The third-order valence-corrected chi connectivity index (χ3v) is 6.10. The van der Waals surface area contributed by atoms with Gasteiger partial charge in [0.15, 0.2) is 5.75 Å². The first-order valence-corrected chi connectivity index (χ1v) is 10.6. The van der Waals surface area contributed by atoms with Crippen molar-refractivity contribution < 1.29 is 23.5 Å². The van der Waals surface area contributed by atoms with Gasteiger partial charge in [-0.1, -0.05) is 24.3 Å². The zero-order valence-electron chi connectivity index (χ0n) is 17.4. The van der Waals surface area contributed by atoms with Gasteiger partial charge in [0.05, 0.1) is 7.11 Å². The van der Waals surface area contributed by atoms with Gasteiger partial charge >= 0.3 is 0 Å². The quantitative estimate of drug-likeness (QED) is 0.182. The Balaban J connectivity index is 1.81. The molecule has 4 aromatic rings. The summed E-state index contributed by atoms with van der Waals surface area (Å²) in [5, 5.41) is 0.762. The molecule has 3 aromatic carbocycles. The summed E-state index contributed by atoms with van der Waals surface area (Å²) in [6.07, 6.45) is 3.81. The Morgan fingerprint density at radius 1 is 1.00 bits per heavy atom. The molecule has 0 saturated carbocycles. The van der Waals surface area contributed by atoms with Gasteiger partial charge < -0.3 is 9.47 Å². The smallest absolute Gasteiger partial charge is 0.207 e. The minimum atomic E-state index is -0.469. The van der Waals surface area contributed by atoms with Crippen molar-refractivity contribution in [1.82, 2.24) is 0 Å². The summed E-state index contributed by atoms with van der Waals surface area (Å²) in [5.74, 6) is 0.842. The van der Waals surface area contributed by atoms with Crippen molar-refractivity contribution in [1.29, 1.82) is 0 Å². The molecule has 0 aliphatic rings. The summed E-state index contributed by atoms with van der Waals surface area (Å²) < 4.78 is 26.2. The molecule has 0 amide bonds. The molecule has 0 bridgehead atoms. The molecule has 0 atom stereocenters. The second kappa shape index (κ2) is 9.16. The average molecular weight is 446 g/mol. The second-order valence-electron chi connectivity index (χ2n) is 7.08. The van der Waals surface area contributed by atoms with E-state index in [-0.39, 0.29) is 5.78 Å². The number of aryl methyl sites for hydroxylation is 1. The molecule has 32 heavy (non-hydrogen) atoms. The number of aldehydes is 1. The van der Waals surface area contributed by atoms with Crippen LogP contribution in [0.2, 0.25) is 0 Å². The van der Waals surface area contributed by atoms with E-state index in [1.807, 2.05) is 24.3 Å². The van der Waals surface area contributed by atoms with Crippen molar-refractivity contribution in [3.05, 3.63) is 94.1 Å². The van der Waals surface area contributed by atoms with E-state index >= 15 is 0 Å². The zero-order valence-corrected chi connectivity index (χ0v) is 18.2. The highest BCUT2D eigenvalue weighted by Gasteiger charge is 2.24. The number of hydrogen-bond acceptors (Lipinski definition) is 5. The first-order chi connectivity index (χ1) is 15.5. The number of carbonyl (C=O) groups is 2. The van der Waals surface area contributed by atoms with Crippen LogP contribution in [0.25, 0.3) is 16.2 Å². The van der Waals surface area contributed by atoms with Gasteiger partial charge in [0.1, 0.15) is 28.5 Å². The van der Waals surface area contributed by atoms with Crippen LogP contribution in [0.5, 0.6) is 17.2 Å². The van der Waals surface area contributed by atoms with Crippen LogP contribution in [0.1, 0.15) is 26.4 Å². The van der Waals surface area contributed by atoms with E-state index in [0.29, 0.717) is 39.5 Å². The van der Waals surface area contributed by atoms with E-state index in [0.717, 1.165) is 15.6 Å². The predicted octanol–water partition coefficient (Wildman–Crippen LogP) is 6.59. The number of fused-ring (bicyclic) bond motifs is 1. The molecule has 0 aliphatic carbocycles. The zero-order chi connectivity index (χ0) is 22.7. The Bertz CT molecular complexity index is 1340. The fourth-order valence-electron chi connectivity index (χ4n) is 3.31. The lowest BCUT2D eigenvalue weighted by molar-refractivity contribution is -0.104. The lowest BCUT2D eigenvalue weighted by atomic mass is 10.0. The number of hydrogen-bond donors (Lipinski definition) is 0. The highest BCUT2D eigenvalue weighted by atomic mass is 32.1. The summed E-state index contributed by atoms with van der Waals surface area (Å²) >= 11 is 1.28. The third kappa shape index (κ3) is 4.31. The largest absolute Gasteiger partial charge is 0.497 e. The number of allylic oxidation sites excluding steroid dienone is 1. The molecule has 0 N–H and O–H groups in total. The molecule has 0 unspecified atom stereocenters. The van der Waals surface area contributed by atoms with Crippen LogP contribution < -0.4 is 9.47 Å². The summed E-state index contributed by atoms with van der Waals surface area (Å²) in [7, 11) is 1.58. The maximum Gasteiger partial charge on any atom is 0.207 e. The van der Waals surface area contributed by atoms with Crippen molar-refractivity contribution in [3.8, 4) is 17.2 Å².